The number of fused-ring (bicyclic) bond motifs is 4. The molecule has 0 atom stereocenters. The van der Waals surface area contributed by atoms with Gasteiger partial charge < -0.3 is 5.43 Å². The Hall–Kier alpha value is -2.49. The van der Waals surface area contributed by atoms with Gasteiger partial charge >= 0.3 is 0 Å². The molecule has 5 aromatic rings. The maximum atomic E-state index is 6.08. The fraction of sp³-hybridized carbons (Fsp3) is 0.105. The van der Waals surface area contributed by atoms with Crippen molar-refractivity contribution in [3.63, 3.8) is 0 Å². The molecule has 8 nitrogen and oxygen atoms in total. The van der Waals surface area contributed by atoms with Crippen LogP contribution in [0.25, 0.3) is 27.7 Å². The quantitative estimate of drug-likeness (QED) is 0.250. The van der Waals surface area contributed by atoms with Crippen LogP contribution in [0.15, 0.2) is 36.4 Å². The highest BCUT2D eigenvalue weighted by atomic mass is 35.5. The van der Waals surface area contributed by atoms with Crippen molar-refractivity contribution in [3.8, 4) is 0 Å². The van der Waals surface area contributed by atoms with E-state index >= 15 is 0 Å². The Balaban J connectivity index is 0.000000152. The Bertz CT molecular complexity index is 1420. The Labute approximate surface area is 196 Å². The molecule has 0 saturated heterocycles. The summed E-state index contributed by atoms with van der Waals surface area (Å²) in [5.41, 5.74) is 5.91. The Morgan fingerprint density at radius 3 is 2.23 bits per heavy atom. The van der Waals surface area contributed by atoms with Gasteiger partial charge in [0.05, 0.1) is 22.1 Å². The first-order chi connectivity index (χ1) is 14.9. The normalized spacial score (nSPS) is 11.0. The van der Waals surface area contributed by atoms with E-state index in [9.17, 15) is 0 Å². The summed E-state index contributed by atoms with van der Waals surface area (Å²) in [6.45, 7) is 2.02. The Morgan fingerprint density at radius 2 is 1.52 bits per heavy atom. The van der Waals surface area contributed by atoms with Crippen LogP contribution in [0.2, 0.25) is 20.4 Å². The minimum absolute atomic E-state index is 0.238. The van der Waals surface area contributed by atoms with Gasteiger partial charge in [0.15, 0.2) is 21.8 Å². The van der Waals surface area contributed by atoms with E-state index in [4.69, 9.17) is 52.2 Å². The van der Waals surface area contributed by atoms with Crippen molar-refractivity contribution in [2.24, 2.45) is 5.84 Å². The monoisotopic (exact) mass is 494 g/mol. The lowest BCUT2D eigenvalue weighted by atomic mass is 10.3. The minimum Gasteiger partial charge on any atom is -0.306 e. The number of hydrogen-bond donors (Lipinski definition) is 2. The van der Waals surface area contributed by atoms with Crippen molar-refractivity contribution in [1.82, 2.24) is 29.5 Å². The van der Waals surface area contributed by atoms with Crippen molar-refractivity contribution in [2.75, 3.05) is 5.43 Å². The van der Waals surface area contributed by atoms with Gasteiger partial charge in [0.1, 0.15) is 5.82 Å². The molecule has 0 bridgehead atoms. The number of aromatic nitrogens is 6. The van der Waals surface area contributed by atoms with Gasteiger partial charge in [-0.25, -0.2) is 20.8 Å². The van der Waals surface area contributed by atoms with Gasteiger partial charge in [-0.05, 0) is 36.4 Å². The van der Waals surface area contributed by atoms with Crippen molar-refractivity contribution < 1.29 is 0 Å². The smallest absolute Gasteiger partial charge is 0.199 e. The SMILES string of the molecule is CCc1nnc2c(Cl)nc3ccc(Cl)cc3n12.NNc1nc2cc(Cl)ccc2nc1Cl. The van der Waals surface area contributed by atoms with Crippen LogP contribution < -0.4 is 11.3 Å². The van der Waals surface area contributed by atoms with E-state index in [1.165, 1.54) is 0 Å². The van der Waals surface area contributed by atoms with E-state index < -0.39 is 0 Å². The van der Waals surface area contributed by atoms with E-state index in [0.29, 0.717) is 37.7 Å². The number of hydrogen-bond acceptors (Lipinski definition) is 7. The van der Waals surface area contributed by atoms with Crippen LogP contribution in [0.4, 0.5) is 5.82 Å². The average Bonchev–Trinajstić information content (AvgIpc) is 3.20. The lowest BCUT2D eigenvalue weighted by molar-refractivity contribution is 0.921. The highest BCUT2D eigenvalue weighted by molar-refractivity contribution is 6.33. The number of nitrogen functional groups attached to an aromatic ring is 1. The van der Waals surface area contributed by atoms with Gasteiger partial charge in [-0.15, -0.1) is 10.2 Å². The summed E-state index contributed by atoms with van der Waals surface area (Å²) in [4.78, 5) is 12.5. The van der Waals surface area contributed by atoms with E-state index in [1.807, 2.05) is 23.5 Å². The average molecular weight is 496 g/mol. The second kappa shape index (κ2) is 8.94. The number of anilines is 1. The highest BCUT2D eigenvalue weighted by Crippen LogP contribution is 2.24. The van der Waals surface area contributed by atoms with Crippen LogP contribution in [0, 0.1) is 0 Å². The van der Waals surface area contributed by atoms with Gasteiger partial charge in [-0.3, -0.25) is 4.40 Å². The molecule has 158 valence electrons. The number of nitrogens with two attached hydrogens (primary N) is 1. The van der Waals surface area contributed by atoms with Gasteiger partial charge in [0.25, 0.3) is 0 Å². The molecule has 3 heterocycles. The molecule has 0 radical (unpaired) electrons. The summed E-state index contributed by atoms with van der Waals surface area (Å²) in [6, 6.07) is 10.6. The van der Waals surface area contributed by atoms with Crippen LogP contribution in [-0.2, 0) is 6.42 Å². The third-order valence-electron chi connectivity index (χ3n) is 4.35. The molecule has 0 unspecified atom stereocenters. The number of nitrogens with zero attached hydrogens (tertiary/aromatic N) is 6. The fourth-order valence-corrected chi connectivity index (χ4v) is 3.69. The van der Waals surface area contributed by atoms with Crippen molar-refractivity contribution >= 4 is 79.9 Å². The van der Waals surface area contributed by atoms with E-state index in [2.05, 4.69) is 30.6 Å². The van der Waals surface area contributed by atoms with E-state index in [-0.39, 0.29) is 5.15 Å². The molecule has 3 N–H and O–H groups in total. The molecule has 5 rings (SSSR count). The highest BCUT2D eigenvalue weighted by Gasteiger charge is 2.12. The maximum Gasteiger partial charge on any atom is 0.199 e. The Kier molecular flexibility index (Phi) is 6.27. The van der Waals surface area contributed by atoms with Crippen LogP contribution in [0.5, 0.6) is 0 Å². The Morgan fingerprint density at radius 1 is 0.839 bits per heavy atom. The molecule has 0 saturated carbocycles. The zero-order chi connectivity index (χ0) is 22.1. The standard InChI is InChI=1S/C11H8Cl2N4.C8H6Cl2N4/c1-2-9-15-16-11-10(13)14-7-4-3-6(12)5-8(7)17(9)11;9-4-1-2-5-6(3-4)13-8(14-11)7(10)12-5/h3-5H,2H2,1H3;1-3H,11H2,(H,13,14). The predicted molar refractivity (Wildman–Crippen MR) is 125 cm³/mol. The van der Waals surface area contributed by atoms with Gasteiger partial charge in [0, 0.05) is 16.5 Å². The number of halogens is 4. The van der Waals surface area contributed by atoms with Crippen LogP contribution >= 0.6 is 46.4 Å². The van der Waals surface area contributed by atoms with Gasteiger partial charge in [-0.2, -0.15) is 0 Å². The first-order valence-electron chi connectivity index (χ1n) is 8.99. The molecule has 12 heteroatoms. The summed E-state index contributed by atoms with van der Waals surface area (Å²) in [7, 11) is 0. The van der Waals surface area contributed by atoms with Crippen molar-refractivity contribution in [3.05, 3.63) is 62.6 Å². The molecule has 31 heavy (non-hydrogen) atoms. The minimum atomic E-state index is 0.238. The molecule has 0 amide bonds. The third-order valence-corrected chi connectivity index (χ3v) is 5.34. The molecular formula is C19H14Cl4N8. The summed E-state index contributed by atoms with van der Waals surface area (Å²) in [6.07, 6.45) is 0.767. The first kappa shape index (κ1) is 21.7. The van der Waals surface area contributed by atoms with Crippen LogP contribution in [0.3, 0.4) is 0 Å². The number of rotatable bonds is 2. The molecule has 0 aliphatic rings. The topological polar surface area (TPSA) is 107 Å². The second-order valence-electron chi connectivity index (χ2n) is 6.30. The molecular weight excluding hydrogens is 482 g/mol. The molecule has 0 spiro atoms. The second-order valence-corrected chi connectivity index (χ2v) is 7.89. The molecule has 0 fully saturated rings. The van der Waals surface area contributed by atoms with Crippen molar-refractivity contribution in [1.29, 1.82) is 0 Å². The zero-order valence-corrected chi connectivity index (χ0v) is 19.0. The summed E-state index contributed by atoms with van der Waals surface area (Å²) in [5.74, 6) is 6.39. The van der Waals surface area contributed by atoms with Crippen LogP contribution in [0.1, 0.15) is 12.7 Å². The van der Waals surface area contributed by atoms with E-state index in [1.54, 1.807) is 24.3 Å². The molecule has 3 aromatic heterocycles. The van der Waals surface area contributed by atoms with Gasteiger partial charge in [-0.1, -0.05) is 53.3 Å². The first-order valence-corrected chi connectivity index (χ1v) is 10.5. The van der Waals surface area contributed by atoms with Crippen molar-refractivity contribution in [2.45, 2.75) is 13.3 Å². The predicted octanol–water partition coefficient (Wildman–Crippen LogP) is 5.37. The summed E-state index contributed by atoms with van der Waals surface area (Å²) in [5, 5.41) is 9.98. The third kappa shape index (κ3) is 4.30. The molecule has 0 aliphatic carbocycles. The van der Waals surface area contributed by atoms with Gasteiger partial charge in [0.2, 0.25) is 0 Å². The largest absolute Gasteiger partial charge is 0.306 e. The summed E-state index contributed by atoms with van der Waals surface area (Å²) < 4.78 is 1.90. The number of aryl methyl sites for hydroxylation is 1. The lowest BCUT2D eigenvalue weighted by Gasteiger charge is -2.04. The van der Waals surface area contributed by atoms with Crippen LogP contribution in [-0.4, -0.2) is 29.5 Å². The number of hydrazine groups is 1. The maximum absolute atomic E-state index is 6.08. The lowest BCUT2D eigenvalue weighted by Crippen LogP contribution is -2.09. The molecule has 0 aliphatic heterocycles. The van der Waals surface area contributed by atoms with E-state index in [0.717, 1.165) is 23.3 Å². The number of nitrogens with one attached hydrogen (secondary N) is 1. The number of benzene rings is 2. The zero-order valence-electron chi connectivity index (χ0n) is 15.9. The molecule has 2 aromatic carbocycles. The summed E-state index contributed by atoms with van der Waals surface area (Å²) >= 11 is 23.7. The fourth-order valence-electron chi connectivity index (χ4n) is 2.96.